The summed E-state index contributed by atoms with van der Waals surface area (Å²) in [6.45, 7) is 0. The lowest BCUT2D eigenvalue weighted by atomic mass is 10.6. The summed E-state index contributed by atoms with van der Waals surface area (Å²) < 4.78 is 6.66. The van der Waals surface area contributed by atoms with E-state index >= 15 is 0 Å². The number of rotatable bonds is 2. The molecule has 0 atom stereocenters. The molecular formula is C6H12ClN3O. The lowest BCUT2D eigenvalue weighted by Gasteiger charge is -1.95. The molecular weight excluding hydrogens is 166 g/mol. The van der Waals surface area contributed by atoms with Crippen LogP contribution in [0, 0.1) is 0 Å². The highest BCUT2D eigenvalue weighted by Gasteiger charge is 2.00. The molecule has 1 N–H and O–H groups in total. The number of ether oxygens (including phenoxy) is 1. The van der Waals surface area contributed by atoms with Gasteiger partial charge in [0, 0.05) is 20.2 Å². The van der Waals surface area contributed by atoms with Crippen LogP contribution < -0.4 is 10.1 Å². The van der Waals surface area contributed by atoms with Crippen LogP contribution in [-0.2, 0) is 7.05 Å². The number of hydrogen-bond donors (Lipinski definition) is 1. The fraction of sp³-hybridized carbons (Fsp3) is 0.500. The van der Waals surface area contributed by atoms with E-state index in [4.69, 9.17) is 4.74 Å². The number of aryl methyl sites for hydroxylation is 1. The highest BCUT2D eigenvalue weighted by atomic mass is 35.5. The molecule has 0 aromatic carbocycles. The first-order chi connectivity index (χ1) is 4.77. The number of halogens is 1. The number of nitrogens with one attached hydrogen (secondary N) is 1. The van der Waals surface area contributed by atoms with Crippen molar-refractivity contribution in [1.82, 2.24) is 9.78 Å². The van der Waals surface area contributed by atoms with E-state index in [1.54, 1.807) is 11.8 Å². The predicted octanol–water partition coefficient (Wildman–Crippen LogP) is 0.892. The second-order valence-electron chi connectivity index (χ2n) is 1.95. The SMILES string of the molecule is CNc1cc(OC)n(C)n1.Cl. The Kier molecular flexibility index (Phi) is 3.74. The van der Waals surface area contributed by atoms with Gasteiger partial charge < -0.3 is 10.1 Å². The molecule has 1 aromatic rings. The van der Waals surface area contributed by atoms with Crippen molar-refractivity contribution >= 4 is 18.2 Å². The zero-order chi connectivity index (χ0) is 7.56. The first-order valence-electron chi connectivity index (χ1n) is 3.03. The van der Waals surface area contributed by atoms with Crippen LogP contribution in [-0.4, -0.2) is 23.9 Å². The first-order valence-corrected chi connectivity index (χ1v) is 3.03. The van der Waals surface area contributed by atoms with Gasteiger partial charge in [0.2, 0.25) is 5.88 Å². The number of methoxy groups -OCH3 is 1. The van der Waals surface area contributed by atoms with Crippen LogP contribution >= 0.6 is 12.4 Å². The fourth-order valence-electron chi connectivity index (χ4n) is 0.763. The van der Waals surface area contributed by atoms with E-state index in [1.165, 1.54) is 0 Å². The van der Waals surface area contributed by atoms with Crippen LogP contribution in [0.1, 0.15) is 0 Å². The Hall–Kier alpha value is -0.900. The topological polar surface area (TPSA) is 39.1 Å². The molecule has 0 aliphatic heterocycles. The summed E-state index contributed by atoms with van der Waals surface area (Å²) in [4.78, 5) is 0. The number of hydrogen-bond acceptors (Lipinski definition) is 3. The molecule has 0 saturated heterocycles. The van der Waals surface area contributed by atoms with Crippen LogP contribution in [0.25, 0.3) is 0 Å². The Labute approximate surface area is 71.9 Å². The van der Waals surface area contributed by atoms with Crippen LogP contribution in [0.3, 0.4) is 0 Å². The molecule has 1 aromatic heterocycles. The molecule has 64 valence electrons. The van der Waals surface area contributed by atoms with E-state index < -0.39 is 0 Å². The van der Waals surface area contributed by atoms with Crippen LogP contribution in [0.5, 0.6) is 5.88 Å². The van der Waals surface area contributed by atoms with Gasteiger partial charge in [-0.3, -0.25) is 0 Å². The Morgan fingerprint density at radius 3 is 2.55 bits per heavy atom. The normalized spacial score (nSPS) is 8.64. The van der Waals surface area contributed by atoms with Crippen LogP contribution in [0.2, 0.25) is 0 Å². The molecule has 0 saturated carbocycles. The third kappa shape index (κ3) is 2.01. The zero-order valence-electron chi connectivity index (χ0n) is 6.79. The summed E-state index contributed by atoms with van der Waals surface area (Å²) in [6, 6.07) is 1.83. The first kappa shape index (κ1) is 10.1. The highest BCUT2D eigenvalue weighted by molar-refractivity contribution is 5.85. The molecule has 4 nitrogen and oxygen atoms in total. The van der Waals surface area contributed by atoms with Crippen molar-refractivity contribution in [2.45, 2.75) is 0 Å². The lowest BCUT2D eigenvalue weighted by Crippen LogP contribution is -1.95. The summed E-state index contributed by atoms with van der Waals surface area (Å²) in [5.74, 6) is 1.57. The summed E-state index contributed by atoms with van der Waals surface area (Å²) in [5, 5.41) is 6.99. The van der Waals surface area contributed by atoms with Crippen molar-refractivity contribution in [2.24, 2.45) is 7.05 Å². The average Bonchev–Trinajstić information content (AvgIpc) is 2.30. The van der Waals surface area contributed by atoms with Gasteiger partial charge in [0.1, 0.15) is 0 Å². The standard InChI is InChI=1S/C6H11N3O.ClH/c1-7-5-4-6(10-3)9(2)8-5;/h4H,1-3H3,(H,7,8);1H. The molecule has 0 unspecified atom stereocenters. The molecule has 0 fully saturated rings. The summed E-state index contributed by atoms with van der Waals surface area (Å²) in [6.07, 6.45) is 0. The molecule has 0 amide bonds. The lowest BCUT2D eigenvalue weighted by molar-refractivity contribution is 0.373. The van der Waals surface area contributed by atoms with Crippen LogP contribution in [0.4, 0.5) is 5.82 Å². The Balaban J connectivity index is 0.000001000. The maximum atomic E-state index is 4.99. The van der Waals surface area contributed by atoms with Crippen molar-refractivity contribution < 1.29 is 4.74 Å². The van der Waals surface area contributed by atoms with Gasteiger partial charge in [-0.05, 0) is 0 Å². The van der Waals surface area contributed by atoms with Gasteiger partial charge in [-0.25, -0.2) is 4.68 Å². The van der Waals surface area contributed by atoms with E-state index in [0.717, 1.165) is 11.7 Å². The second-order valence-corrected chi connectivity index (χ2v) is 1.95. The van der Waals surface area contributed by atoms with Gasteiger partial charge in [0.15, 0.2) is 5.82 Å². The monoisotopic (exact) mass is 177 g/mol. The maximum absolute atomic E-state index is 4.99. The average molecular weight is 178 g/mol. The molecule has 0 aliphatic carbocycles. The zero-order valence-corrected chi connectivity index (χ0v) is 7.60. The number of aromatic nitrogens is 2. The molecule has 0 radical (unpaired) electrons. The van der Waals surface area contributed by atoms with E-state index in [0.29, 0.717) is 0 Å². The van der Waals surface area contributed by atoms with E-state index in [9.17, 15) is 0 Å². The largest absolute Gasteiger partial charge is 0.481 e. The molecule has 11 heavy (non-hydrogen) atoms. The Bertz CT molecular complexity index is 224. The molecule has 5 heteroatoms. The van der Waals surface area contributed by atoms with Gasteiger partial charge in [-0.1, -0.05) is 0 Å². The third-order valence-electron chi connectivity index (χ3n) is 1.30. The van der Waals surface area contributed by atoms with E-state index in [-0.39, 0.29) is 12.4 Å². The van der Waals surface area contributed by atoms with E-state index in [1.807, 2.05) is 20.2 Å². The maximum Gasteiger partial charge on any atom is 0.213 e. The van der Waals surface area contributed by atoms with Gasteiger partial charge in [-0.15, -0.1) is 12.4 Å². The molecule has 0 bridgehead atoms. The third-order valence-corrected chi connectivity index (χ3v) is 1.30. The van der Waals surface area contributed by atoms with Gasteiger partial charge in [-0.2, -0.15) is 5.10 Å². The minimum absolute atomic E-state index is 0. The smallest absolute Gasteiger partial charge is 0.213 e. The van der Waals surface area contributed by atoms with Gasteiger partial charge in [0.25, 0.3) is 0 Å². The Morgan fingerprint density at radius 2 is 2.27 bits per heavy atom. The number of anilines is 1. The second kappa shape index (κ2) is 4.08. The predicted molar refractivity (Wildman–Crippen MR) is 46.6 cm³/mol. The summed E-state index contributed by atoms with van der Waals surface area (Å²) in [5.41, 5.74) is 0. The minimum Gasteiger partial charge on any atom is -0.481 e. The summed E-state index contributed by atoms with van der Waals surface area (Å²) in [7, 11) is 5.28. The minimum atomic E-state index is 0. The van der Waals surface area contributed by atoms with Crippen LogP contribution in [0.15, 0.2) is 6.07 Å². The molecule has 0 aliphatic rings. The van der Waals surface area contributed by atoms with E-state index in [2.05, 4.69) is 10.4 Å². The Morgan fingerprint density at radius 1 is 1.64 bits per heavy atom. The van der Waals surface area contributed by atoms with Gasteiger partial charge in [0.05, 0.1) is 7.11 Å². The number of nitrogens with zero attached hydrogens (tertiary/aromatic N) is 2. The van der Waals surface area contributed by atoms with Crippen molar-refractivity contribution in [3.05, 3.63) is 6.07 Å². The molecule has 0 spiro atoms. The molecule has 1 heterocycles. The quantitative estimate of drug-likeness (QED) is 0.730. The molecule has 1 rings (SSSR count). The summed E-state index contributed by atoms with van der Waals surface area (Å²) >= 11 is 0. The van der Waals surface area contributed by atoms with Crippen molar-refractivity contribution in [1.29, 1.82) is 0 Å². The van der Waals surface area contributed by atoms with Crippen molar-refractivity contribution in [2.75, 3.05) is 19.5 Å². The fourth-order valence-corrected chi connectivity index (χ4v) is 0.763. The van der Waals surface area contributed by atoms with Crippen molar-refractivity contribution in [3.8, 4) is 5.88 Å². The van der Waals surface area contributed by atoms with Gasteiger partial charge >= 0.3 is 0 Å². The van der Waals surface area contributed by atoms with Crippen molar-refractivity contribution in [3.63, 3.8) is 0 Å². The highest BCUT2D eigenvalue weighted by Crippen LogP contribution is 2.13.